The third-order valence-corrected chi connectivity index (χ3v) is 2.47. The van der Waals surface area contributed by atoms with Gasteiger partial charge in [-0.1, -0.05) is 12.1 Å². The zero-order valence-electron chi connectivity index (χ0n) is 9.87. The molecule has 0 aliphatic carbocycles. The molecule has 92 valence electrons. The standard InChI is InChI=1S/C13H12N2O3/c1-18-13(17)11-4-2-3-10(7-11)8-15-6-5-12(9-16)14-15/h2-7,9H,8H2,1H3. The minimum absolute atomic E-state index is 0.370. The zero-order chi connectivity index (χ0) is 13.0. The van der Waals surface area contributed by atoms with Crippen molar-refractivity contribution in [2.45, 2.75) is 6.54 Å². The number of carbonyl (C=O) groups is 2. The molecule has 0 aliphatic heterocycles. The van der Waals surface area contributed by atoms with Crippen molar-refractivity contribution in [1.29, 1.82) is 0 Å². The molecule has 5 nitrogen and oxygen atoms in total. The largest absolute Gasteiger partial charge is 0.465 e. The topological polar surface area (TPSA) is 61.2 Å². The van der Waals surface area contributed by atoms with Gasteiger partial charge in [-0.05, 0) is 23.8 Å². The van der Waals surface area contributed by atoms with E-state index in [1.165, 1.54) is 7.11 Å². The Morgan fingerprint density at radius 3 is 2.94 bits per heavy atom. The molecular weight excluding hydrogens is 232 g/mol. The Balaban J connectivity index is 2.18. The predicted molar refractivity (Wildman–Crippen MR) is 64.5 cm³/mol. The van der Waals surface area contributed by atoms with E-state index in [9.17, 15) is 9.59 Å². The summed E-state index contributed by atoms with van der Waals surface area (Å²) in [5.41, 5.74) is 1.80. The van der Waals surface area contributed by atoms with Crippen LogP contribution >= 0.6 is 0 Å². The van der Waals surface area contributed by atoms with Gasteiger partial charge in [0.1, 0.15) is 5.69 Å². The molecular formula is C13H12N2O3. The summed E-state index contributed by atoms with van der Waals surface area (Å²) in [5.74, 6) is -0.370. The first-order valence-corrected chi connectivity index (χ1v) is 5.39. The lowest BCUT2D eigenvalue weighted by Gasteiger charge is -2.04. The Hall–Kier alpha value is -2.43. The SMILES string of the molecule is COC(=O)c1cccc(Cn2ccc(C=O)n2)c1. The Bertz CT molecular complexity index is 575. The van der Waals surface area contributed by atoms with Crippen LogP contribution in [-0.4, -0.2) is 29.1 Å². The average molecular weight is 244 g/mol. The van der Waals surface area contributed by atoms with Gasteiger partial charge >= 0.3 is 5.97 Å². The number of hydrogen-bond acceptors (Lipinski definition) is 4. The van der Waals surface area contributed by atoms with E-state index < -0.39 is 0 Å². The molecule has 1 aromatic carbocycles. The maximum Gasteiger partial charge on any atom is 0.337 e. The van der Waals surface area contributed by atoms with Gasteiger partial charge in [-0.15, -0.1) is 0 Å². The van der Waals surface area contributed by atoms with Gasteiger partial charge in [0.15, 0.2) is 6.29 Å². The van der Waals surface area contributed by atoms with E-state index in [1.807, 2.05) is 6.07 Å². The third-order valence-electron chi connectivity index (χ3n) is 2.47. The molecule has 0 atom stereocenters. The molecule has 0 fully saturated rings. The van der Waals surface area contributed by atoms with Crippen molar-refractivity contribution in [3.8, 4) is 0 Å². The van der Waals surface area contributed by atoms with Crippen molar-refractivity contribution < 1.29 is 14.3 Å². The summed E-state index contributed by atoms with van der Waals surface area (Å²) in [6, 6.07) is 8.74. The van der Waals surface area contributed by atoms with Crippen LogP contribution in [0.2, 0.25) is 0 Å². The first kappa shape index (κ1) is 12.0. The van der Waals surface area contributed by atoms with E-state index in [1.54, 1.807) is 35.1 Å². The van der Waals surface area contributed by atoms with E-state index in [2.05, 4.69) is 9.84 Å². The highest BCUT2D eigenvalue weighted by Gasteiger charge is 2.06. The van der Waals surface area contributed by atoms with Crippen LogP contribution in [0.1, 0.15) is 26.4 Å². The van der Waals surface area contributed by atoms with E-state index in [4.69, 9.17) is 0 Å². The van der Waals surface area contributed by atoms with Crippen LogP contribution < -0.4 is 0 Å². The maximum absolute atomic E-state index is 11.4. The minimum Gasteiger partial charge on any atom is -0.465 e. The second-order valence-corrected chi connectivity index (χ2v) is 3.75. The van der Waals surface area contributed by atoms with Crippen LogP contribution in [0, 0.1) is 0 Å². The van der Waals surface area contributed by atoms with E-state index in [0.717, 1.165) is 5.56 Å². The van der Waals surface area contributed by atoms with Gasteiger partial charge in [-0.3, -0.25) is 9.48 Å². The highest BCUT2D eigenvalue weighted by Crippen LogP contribution is 2.08. The molecule has 0 aliphatic rings. The van der Waals surface area contributed by atoms with Crippen LogP contribution in [0.25, 0.3) is 0 Å². The summed E-state index contributed by atoms with van der Waals surface area (Å²) in [7, 11) is 1.35. The molecule has 0 radical (unpaired) electrons. The van der Waals surface area contributed by atoms with E-state index in [0.29, 0.717) is 24.1 Å². The molecule has 18 heavy (non-hydrogen) atoms. The fourth-order valence-corrected chi connectivity index (χ4v) is 1.63. The van der Waals surface area contributed by atoms with Crippen molar-refractivity contribution in [1.82, 2.24) is 9.78 Å². The van der Waals surface area contributed by atoms with Gasteiger partial charge in [-0.25, -0.2) is 4.79 Å². The second kappa shape index (κ2) is 5.27. The number of nitrogens with zero attached hydrogens (tertiary/aromatic N) is 2. The lowest BCUT2D eigenvalue weighted by molar-refractivity contribution is 0.0600. The summed E-state index contributed by atoms with van der Waals surface area (Å²) in [6.07, 6.45) is 2.41. The number of methoxy groups -OCH3 is 1. The van der Waals surface area contributed by atoms with Crippen molar-refractivity contribution >= 4 is 12.3 Å². The lowest BCUT2D eigenvalue weighted by atomic mass is 10.1. The molecule has 0 saturated carbocycles. The van der Waals surface area contributed by atoms with E-state index >= 15 is 0 Å². The predicted octanol–water partition coefficient (Wildman–Crippen LogP) is 1.53. The van der Waals surface area contributed by atoms with Crippen molar-refractivity contribution in [3.63, 3.8) is 0 Å². The third kappa shape index (κ3) is 2.63. The fraction of sp³-hybridized carbons (Fsp3) is 0.154. The van der Waals surface area contributed by atoms with E-state index in [-0.39, 0.29) is 5.97 Å². The van der Waals surface area contributed by atoms with Crippen molar-refractivity contribution in [2.24, 2.45) is 0 Å². The Morgan fingerprint density at radius 1 is 1.44 bits per heavy atom. The smallest absolute Gasteiger partial charge is 0.337 e. The molecule has 0 saturated heterocycles. The van der Waals surface area contributed by atoms with Gasteiger partial charge in [-0.2, -0.15) is 5.10 Å². The van der Waals surface area contributed by atoms with Gasteiger partial charge in [0.25, 0.3) is 0 Å². The minimum atomic E-state index is -0.370. The summed E-state index contributed by atoms with van der Waals surface area (Å²) < 4.78 is 6.29. The maximum atomic E-state index is 11.4. The number of esters is 1. The quantitative estimate of drug-likeness (QED) is 0.604. The van der Waals surface area contributed by atoms with Gasteiger partial charge in [0.05, 0.1) is 19.2 Å². The van der Waals surface area contributed by atoms with Crippen LogP contribution in [0.3, 0.4) is 0 Å². The normalized spacial score (nSPS) is 10.1. The van der Waals surface area contributed by atoms with Crippen molar-refractivity contribution in [3.05, 3.63) is 53.3 Å². The molecule has 0 bridgehead atoms. The molecule has 2 rings (SSSR count). The molecule has 1 heterocycles. The molecule has 0 unspecified atom stereocenters. The number of aromatic nitrogens is 2. The van der Waals surface area contributed by atoms with Gasteiger partial charge < -0.3 is 4.74 Å². The highest BCUT2D eigenvalue weighted by atomic mass is 16.5. The molecule has 0 spiro atoms. The summed E-state index contributed by atoms with van der Waals surface area (Å²) in [4.78, 5) is 21.9. The van der Waals surface area contributed by atoms with Gasteiger partial charge in [0, 0.05) is 6.20 Å². The second-order valence-electron chi connectivity index (χ2n) is 3.75. The first-order chi connectivity index (χ1) is 8.72. The Morgan fingerprint density at radius 2 is 2.28 bits per heavy atom. The number of hydrogen-bond donors (Lipinski definition) is 0. The number of benzene rings is 1. The number of carbonyl (C=O) groups excluding carboxylic acids is 2. The Labute approximate surface area is 104 Å². The summed E-state index contributed by atoms with van der Waals surface area (Å²) >= 11 is 0. The number of rotatable bonds is 4. The molecule has 2 aromatic rings. The fourth-order valence-electron chi connectivity index (χ4n) is 1.63. The number of aldehydes is 1. The van der Waals surface area contributed by atoms with Crippen LogP contribution in [0.4, 0.5) is 0 Å². The van der Waals surface area contributed by atoms with Crippen LogP contribution in [0.15, 0.2) is 36.5 Å². The summed E-state index contributed by atoms with van der Waals surface area (Å²) in [6.45, 7) is 0.499. The zero-order valence-corrected chi connectivity index (χ0v) is 9.87. The Kier molecular flexibility index (Phi) is 3.52. The summed E-state index contributed by atoms with van der Waals surface area (Å²) in [5, 5.41) is 4.05. The van der Waals surface area contributed by atoms with Crippen LogP contribution in [-0.2, 0) is 11.3 Å². The van der Waals surface area contributed by atoms with Crippen LogP contribution in [0.5, 0.6) is 0 Å². The van der Waals surface area contributed by atoms with Crippen molar-refractivity contribution in [2.75, 3.05) is 7.11 Å². The molecule has 5 heteroatoms. The highest BCUT2D eigenvalue weighted by molar-refractivity contribution is 5.89. The lowest BCUT2D eigenvalue weighted by Crippen LogP contribution is -2.05. The van der Waals surface area contributed by atoms with Gasteiger partial charge in [0.2, 0.25) is 0 Å². The molecule has 1 aromatic heterocycles. The monoisotopic (exact) mass is 244 g/mol. The molecule has 0 N–H and O–H groups in total. The first-order valence-electron chi connectivity index (χ1n) is 5.39. The average Bonchev–Trinajstić information content (AvgIpc) is 2.86. The number of ether oxygens (including phenoxy) is 1. The molecule has 0 amide bonds.